The number of hydrogen-bond donors (Lipinski definition) is 2. The molecule has 1 saturated heterocycles. The first-order valence-electron chi connectivity index (χ1n) is 6.35. The van der Waals surface area contributed by atoms with Crippen LogP contribution in [0, 0.1) is 5.92 Å². The van der Waals surface area contributed by atoms with Crippen LogP contribution in [0.2, 0.25) is 0 Å². The molecule has 1 aliphatic rings. The van der Waals surface area contributed by atoms with Crippen LogP contribution in [0.3, 0.4) is 0 Å². The number of unbranched alkanes of at least 4 members (excludes halogenated alkanes) is 1. The summed E-state index contributed by atoms with van der Waals surface area (Å²) in [7, 11) is 2.12. The van der Waals surface area contributed by atoms with Crippen molar-refractivity contribution >= 4 is 5.91 Å². The highest BCUT2D eigenvalue weighted by molar-refractivity contribution is 5.81. The van der Waals surface area contributed by atoms with Gasteiger partial charge in [-0.2, -0.15) is 0 Å². The molecule has 1 aliphatic heterocycles. The number of nitrogens with zero attached hydrogens (tertiary/aromatic N) is 1. The number of amides is 1. The van der Waals surface area contributed by atoms with Crippen molar-refractivity contribution in [3.8, 4) is 0 Å². The van der Waals surface area contributed by atoms with Gasteiger partial charge in [0.2, 0.25) is 5.91 Å². The lowest BCUT2D eigenvalue weighted by atomic mass is 10.1. The molecule has 0 radical (unpaired) electrons. The summed E-state index contributed by atoms with van der Waals surface area (Å²) in [5, 5.41) is 2.96. The van der Waals surface area contributed by atoms with Crippen molar-refractivity contribution in [3.05, 3.63) is 0 Å². The third kappa shape index (κ3) is 4.49. The number of carbonyl (C=O) groups excluding carboxylic acids is 1. The van der Waals surface area contributed by atoms with E-state index in [9.17, 15) is 4.79 Å². The molecule has 0 spiro atoms. The summed E-state index contributed by atoms with van der Waals surface area (Å²) in [6.07, 6.45) is 4.10. The van der Waals surface area contributed by atoms with Crippen LogP contribution in [0.4, 0.5) is 0 Å². The minimum absolute atomic E-state index is 0.0167. The third-order valence-electron chi connectivity index (χ3n) is 3.26. The molecule has 1 amide bonds. The second-order valence-electron chi connectivity index (χ2n) is 4.91. The van der Waals surface area contributed by atoms with Gasteiger partial charge in [0.1, 0.15) is 0 Å². The second-order valence-corrected chi connectivity index (χ2v) is 4.91. The first-order chi connectivity index (χ1) is 7.63. The molecule has 1 heterocycles. The lowest BCUT2D eigenvalue weighted by Crippen LogP contribution is -2.42. The maximum atomic E-state index is 11.6. The number of likely N-dealkylation sites (tertiary alicyclic amines) is 1. The Kier molecular flexibility index (Phi) is 5.77. The van der Waals surface area contributed by atoms with Gasteiger partial charge in [-0.3, -0.25) is 4.79 Å². The van der Waals surface area contributed by atoms with Crippen molar-refractivity contribution < 1.29 is 4.79 Å². The summed E-state index contributed by atoms with van der Waals surface area (Å²) in [6, 6.07) is -0.320. The van der Waals surface area contributed by atoms with Gasteiger partial charge >= 0.3 is 0 Å². The molecule has 3 N–H and O–H groups in total. The molecule has 0 aromatic heterocycles. The zero-order chi connectivity index (χ0) is 12.0. The largest absolute Gasteiger partial charge is 0.354 e. The standard InChI is InChI=1S/C12H25N3O/c1-3-4-5-11(13)12(16)14-8-10-6-7-15(2)9-10/h10-11H,3-9,13H2,1-2H3,(H,14,16)/t10?,11-/m0/s1. The van der Waals surface area contributed by atoms with Gasteiger partial charge in [-0.05, 0) is 32.4 Å². The van der Waals surface area contributed by atoms with Crippen molar-refractivity contribution in [2.75, 3.05) is 26.7 Å². The Bertz CT molecular complexity index is 220. The van der Waals surface area contributed by atoms with E-state index in [4.69, 9.17) is 5.73 Å². The lowest BCUT2D eigenvalue weighted by molar-refractivity contribution is -0.122. The van der Waals surface area contributed by atoms with Crippen LogP contribution in [0.1, 0.15) is 32.6 Å². The summed E-state index contributed by atoms with van der Waals surface area (Å²) in [5.74, 6) is 0.621. The quantitative estimate of drug-likeness (QED) is 0.697. The fourth-order valence-corrected chi connectivity index (χ4v) is 2.12. The topological polar surface area (TPSA) is 58.4 Å². The Hall–Kier alpha value is -0.610. The van der Waals surface area contributed by atoms with Crippen molar-refractivity contribution in [2.24, 2.45) is 11.7 Å². The Morgan fingerprint density at radius 2 is 2.38 bits per heavy atom. The van der Waals surface area contributed by atoms with E-state index in [1.165, 1.54) is 6.42 Å². The number of carbonyl (C=O) groups is 1. The molecule has 0 aromatic rings. The van der Waals surface area contributed by atoms with Gasteiger partial charge in [0.15, 0.2) is 0 Å². The fraction of sp³-hybridized carbons (Fsp3) is 0.917. The minimum atomic E-state index is -0.320. The Balaban J connectivity index is 2.14. The summed E-state index contributed by atoms with van der Waals surface area (Å²) < 4.78 is 0. The van der Waals surface area contributed by atoms with Gasteiger partial charge in [0, 0.05) is 13.1 Å². The molecule has 1 fully saturated rings. The second kappa shape index (κ2) is 6.86. The molecule has 4 nitrogen and oxygen atoms in total. The zero-order valence-corrected chi connectivity index (χ0v) is 10.5. The fourth-order valence-electron chi connectivity index (χ4n) is 2.12. The SMILES string of the molecule is CCCC[C@H](N)C(=O)NCC1CCN(C)C1. The normalized spacial score (nSPS) is 23.3. The molecular formula is C12H25N3O. The van der Waals surface area contributed by atoms with E-state index in [2.05, 4.69) is 24.2 Å². The Labute approximate surface area is 98.6 Å². The molecule has 0 bridgehead atoms. The van der Waals surface area contributed by atoms with Crippen LogP contribution in [0.25, 0.3) is 0 Å². The first kappa shape index (κ1) is 13.5. The molecule has 1 rings (SSSR count). The van der Waals surface area contributed by atoms with Crippen molar-refractivity contribution in [2.45, 2.75) is 38.6 Å². The van der Waals surface area contributed by atoms with E-state index in [1.807, 2.05) is 0 Å². The van der Waals surface area contributed by atoms with E-state index >= 15 is 0 Å². The zero-order valence-electron chi connectivity index (χ0n) is 10.5. The predicted molar refractivity (Wildman–Crippen MR) is 66.1 cm³/mol. The smallest absolute Gasteiger partial charge is 0.236 e. The van der Waals surface area contributed by atoms with Crippen LogP contribution in [-0.2, 0) is 4.79 Å². The van der Waals surface area contributed by atoms with Gasteiger partial charge < -0.3 is 16.0 Å². The Morgan fingerprint density at radius 3 is 2.94 bits per heavy atom. The van der Waals surface area contributed by atoms with Gasteiger partial charge in [0.05, 0.1) is 6.04 Å². The maximum Gasteiger partial charge on any atom is 0.236 e. The van der Waals surface area contributed by atoms with Gasteiger partial charge in [0.25, 0.3) is 0 Å². The summed E-state index contributed by atoms with van der Waals surface area (Å²) in [4.78, 5) is 13.9. The van der Waals surface area contributed by atoms with Crippen LogP contribution in [0.5, 0.6) is 0 Å². The van der Waals surface area contributed by atoms with Crippen molar-refractivity contribution in [1.29, 1.82) is 0 Å². The lowest BCUT2D eigenvalue weighted by Gasteiger charge is -2.15. The monoisotopic (exact) mass is 227 g/mol. The summed E-state index contributed by atoms with van der Waals surface area (Å²) >= 11 is 0. The van der Waals surface area contributed by atoms with Crippen LogP contribution in [0.15, 0.2) is 0 Å². The van der Waals surface area contributed by atoms with Crippen LogP contribution in [-0.4, -0.2) is 43.5 Å². The van der Waals surface area contributed by atoms with Gasteiger partial charge in [-0.25, -0.2) is 0 Å². The highest BCUT2D eigenvalue weighted by atomic mass is 16.2. The van der Waals surface area contributed by atoms with E-state index in [-0.39, 0.29) is 11.9 Å². The van der Waals surface area contributed by atoms with Crippen LogP contribution < -0.4 is 11.1 Å². The molecule has 2 atom stereocenters. The van der Waals surface area contributed by atoms with E-state index < -0.39 is 0 Å². The molecule has 16 heavy (non-hydrogen) atoms. The predicted octanol–water partition coefficient (Wildman–Crippen LogP) is 0.572. The van der Waals surface area contributed by atoms with E-state index in [0.717, 1.165) is 38.9 Å². The van der Waals surface area contributed by atoms with Gasteiger partial charge in [-0.15, -0.1) is 0 Å². The van der Waals surface area contributed by atoms with Gasteiger partial charge in [-0.1, -0.05) is 19.8 Å². The van der Waals surface area contributed by atoms with Crippen molar-refractivity contribution in [1.82, 2.24) is 10.2 Å². The van der Waals surface area contributed by atoms with Crippen LogP contribution >= 0.6 is 0 Å². The average molecular weight is 227 g/mol. The maximum absolute atomic E-state index is 11.6. The summed E-state index contributed by atoms with van der Waals surface area (Å²) in [5.41, 5.74) is 5.79. The number of nitrogens with one attached hydrogen (secondary N) is 1. The van der Waals surface area contributed by atoms with Crippen molar-refractivity contribution in [3.63, 3.8) is 0 Å². The number of nitrogens with two attached hydrogens (primary N) is 1. The molecule has 0 aromatic carbocycles. The molecule has 1 unspecified atom stereocenters. The molecule has 0 saturated carbocycles. The average Bonchev–Trinajstić information content (AvgIpc) is 2.68. The first-order valence-corrected chi connectivity index (χ1v) is 6.35. The number of rotatable bonds is 6. The third-order valence-corrected chi connectivity index (χ3v) is 3.26. The van der Waals surface area contributed by atoms with E-state index in [0.29, 0.717) is 5.92 Å². The molecule has 0 aliphatic carbocycles. The Morgan fingerprint density at radius 1 is 1.62 bits per heavy atom. The molecule has 4 heteroatoms. The van der Waals surface area contributed by atoms with E-state index in [1.54, 1.807) is 0 Å². The molecular weight excluding hydrogens is 202 g/mol. The number of hydrogen-bond acceptors (Lipinski definition) is 3. The highest BCUT2D eigenvalue weighted by Crippen LogP contribution is 2.12. The molecule has 94 valence electrons. The summed E-state index contributed by atoms with van der Waals surface area (Å²) in [6.45, 7) is 5.12. The minimum Gasteiger partial charge on any atom is -0.354 e. The highest BCUT2D eigenvalue weighted by Gasteiger charge is 2.20.